The summed E-state index contributed by atoms with van der Waals surface area (Å²) in [4.78, 5) is 19.4. The molecule has 1 saturated carbocycles. The van der Waals surface area contributed by atoms with Crippen LogP contribution in [-0.2, 0) is 10.3 Å². The van der Waals surface area contributed by atoms with Crippen LogP contribution in [0.3, 0.4) is 0 Å². The maximum absolute atomic E-state index is 10.6. The predicted molar refractivity (Wildman–Crippen MR) is 113 cm³/mol. The molecule has 1 aliphatic heterocycles. The van der Waals surface area contributed by atoms with Crippen molar-refractivity contribution in [3.63, 3.8) is 0 Å². The van der Waals surface area contributed by atoms with Gasteiger partial charge in [0.15, 0.2) is 5.17 Å². The van der Waals surface area contributed by atoms with E-state index in [9.17, 15) is 4.79 Å². The van der Waals surface area contributed by atoms with E-state index in [0.29, 0.717) is 17.5 Å². The number of amidine groups is 1. The van der Waals surface area contributed by atoms with Gasteiger partial charge in [-0.2, -0.15) is 0 Å². The third-order valence-corrected chi connectivity index (χ3v) is 5.91. The van der Waals surface area contributed by atoms with Gasteiger partial charge in [-0.25, -0.2) is 0 Å². The molecular formula is C21H26N4OS. The van der Waals surface area contributed by atoms with Crippen LogP contribution in [0.1, 0.15) is 35.2 Å². The molecule has 5 nitrogen and oxygen atoms in total. The van der Waals surface area contributed by atoms with Crippen molar-refractivity contribution < 1.29 is 4.79 Å². The molecule has 0 bridgehead atoms. The number of carbonyl (C=O) groups excluding carboxylic acids is 1. The number of benzene rings is 1. The highest BCUT2D eigenvalue weighted by Crippen LogP contribution is 2.59. The summed E-state index contributed by atoms with van der Waals surface area (Å²) < 4.78 is 0. The van der Waals surface area contributed by atoms with Crippen molar-refractivity contribution in [2.24, 2.45) is 16.6 Å². The lowest BCUT2D eigenvalue weighted by Gasteiger charge is -2.16. The topological polar surface area (TPSA) is 80.4 Å². The Labute approximate surface area is 164 Å². The number of aromatic nitrogens is 1. The Morgan fingerprint density at radius 3 is 2.74 bits per heavy atom. The molecule has 1 aromatic heterocycles. The van der Waals surface area contributed by atoms with Crippen molar-refractivity contribution in [2.75, 3.05) is 11.1 Å². The van der Waals surface area contributed by atoms with Crippen LogP contribution in [0, 0.1) is 26.7 Å². The summed E-state index contributed by atoms with van der Waals surface area (Å²) in [5.74, 6) is 1.64. The molecule has 2 aliphatic rings. The summed E-state index contributed by atoms with van der Waals surface area (Å²) >= 11 is 1.64. The van der Waals surface area contributed by atoms with Crippen molar-refractivity contribution in [3.05, 3.63) is 58.9 Å². The molecule has 0 radical (unpaired) electrons. The third kappa shape index (κ3) is 4.50. The molecule has 6 heteroatoms. The number of rotatable bonds is 3. The number of aliphatic imine (C=N–C) groups is 1. The average molecular weight is 383 g/mol. The number of amides is 1. The number of aryl methyl sites for hydroxylation is 3. The van der Waals surface area contributed by atoms with Crippen LogP contribution in [0.25, 0.3) is 0 Å². The van der Waals surface area contributed by atoms with E-state index >= 15 is 0 Å². The highest BCUT2D eigenvalue weighted by atomic mass is 32.2. The van der Waals surface area contributed by atoms with E-state index in [0.717, 1.165) is 30.0 Å². The summed E-state index contributed by atoms with van der Waals surface area (Å²) in [5, 5.41) is 3.40. The molecule has 1 fully saturated rings. The molecule has 27 heavy (non-hydrogen) atoms. The lowest BCUT2D eigenvalue weighted by molar-refractivity contribution is -0.105. The third-order valence-electron chi connectivity index (χ3n) is 5.09. The van der Waals surface area contributed by atoms with Crippen LogP contribution in [0.15, 0.2) is 41.5 Å². The number of thioether (sulfide) groups is 1. The van der Waals surface area contributed by atoms with E-state index in [1.54, 1.807) is 11.8 Å². The number of nitrogens with one attached hydrogen (secondary N) is 1. The molecular weight excluding hydrogens is 356 g/mol. The van der Waals surface area contributed by atoms with Gasteiger partial charge in [-0.15, -0.1) is 0 Å². The van der Waals surface area contributed by atoms with E-state index in [2.05, 4.69) is 23.3 Å². The van der Waals surface area contributed by atoms with Gasteiger partial charge in [-0.05, 0) is 74.4 Å². The van der Waals surface area contributed by atoms with E-state index in [-0.39, 0.29) is 5.54 Å². The maximum atomic E-state index is 10.6. The molecule has 3 N–H and O–H groups in total. The van der Waals surface area contributed by atoms with Crippen molar-refractivity contribution >= 4 is 29.0 Å². The Morgan fingerprint density at radius 2 is 2.07 bits per heavy atom. The predicted octanol–water partition coefficient (Wildman–Crippen LogP) is 3.93. The largest absolute Gasteiger partial charge is 0.379 e. The minimum Gasteiger partial charge on any atom is -0.379 e. The molecule has 2 aromatic rings. The van der Waals surface area contributed by atoms with Crippen molar-refractivity contribution in [2.45, 2.75) is 39.2 Å². The van der Waals surface area contributed by atoms with E-state index in [4.69, 9.17) is 10.7 Å². The number of fused-ring (bicyclic) bond motifs is 1. The van der Waals surface area contributed by atoms with Gasteiger partial charge >= 0.3 is 0 Å². The second-order valence-corrected chi connectivity index (χ2v) is 8.30. The molecule has 1 aliphatic carbocycles. The molecule has 2 heterocycles. The fourth-order valence-electron chi connectivity index (χ4n) is 3.51. The lowest BCUT2D eigenvalue weighted by Crippen LogP contribution is -2.15. The first kappa shape index (κ1) is 19.4. The monoisotopic (exact) mass is 382 g/mol. The van der Waals surface area contributed by atoms with Gasteiger partial charge in [0.05, 0.1) is 5.54 Å². The molecule has 0 saturated heterocycles. The van der Waals surface area contributed by atoms with Gasteiger partial charge in [-0.1, -0.05) is 23.9 Å². The first-order valence-electron chi connectivity index (χ1n) is 9.13. The van der Waals surface area contributed by atoms with Crippen LogP contribution < -0.4 is 11.1 Å². The molecule has 1 amide bonds. The van der Waals surface area contributed by atoms with Gasteiger partial charge in [-0.3, -0.25) is 14.8 Å². The second-order valence-electron chi connectivity index (χ2n) is 7.18. The Bertz CT molecular complexity index is 829. The van der Waals surface area contributed by atoms with Crippen molar-refractivity contribution in [3.8, 4) is 0 Å². The fraction of sp³-hybridized carbons (Fsp3) is 0.381. The zero-order chi connectivity index (χ0) is 19.4. The zero-order valence-corrected chi connectivity index (χ0v) is 16.8. The lowest BCUT2D eigenvalue weighted by atomic mass is 9.96. The zero-order valence-electron chi connectivity index (χ0n) is 16.0. The number of carbonyl (C=O) groups is 1. The van der Waals surface area contributed by atoms with Crippen LogP contribution in [0.4, 0.5) is 5.69 Å². The highest BCUT2D eigenvalue weighted by Gasteiger charge is 2.56. The molecule has 4 rings (SSSR count). The van der Waals surface area contributed by atoms with E-state index in [1.165, 1.54) is 16.7 Å². The molecule has 142 valence electrons. The Morgan fingerprint density at radius 1 is 1.26 bits per heavy atom. The van der Waals surface area contributed by atoms with Gasteiger partial charge in [0.25, 0.3) is 0 Å². The first-order valence-corrected chi connectivity index (χ1v) is 10.1. The minimum atomic E-state index is -0.141. The van der Waals surface area contributed by atoms with Crippen LogP contribution in [0.2, 0.25) is 0 Å². The molecule has 2 unspecified atom stereocenters. The van der Waals surface area contributed by atoms with Crippen LogP contribution in [0.5, 0.6) is 0 Å². The van der Waals surface area contributed by atoms with E-state index in [1.807, 2.05) is 44.3 Å². The van der Waals surface area contributed by atoms with Crippen molar-refractivity contribution in [1.82, 2.24) is 4.98 Å². The standard InChI is InChI=1S/C14H17N3OS.C7H9N/c1-9-2-3-11(16-8-18)6-12(9)14-7-10(14)4-5-19-13(15)17-14;1-6-3-4-7(2)8-5-6/h2-3,6,8,10H,4-5,7H2,1H3,(H2,15,17)(H,16,18);3-5H,1-2H3. The normalized spacial score (nSPS) is 23.1. The fourth-order valence-corrected chi connectivity index (χ4v) is 4.35. The van der Waals surface area contributed by atoms with Crippen molar-refractivity contribution in [1.29, 1.82) is 0 Å². The molecule has 2 atom stereocenters. The summed E-state index contributed by atoms with van der Waals surface area (Å²) in [6.45, 7) is 6.11. The number of nitrogens with two attached hydrogens (primary N) is 1. The summed E-state index contributed by atoms with van der Waals surface area (Å²) in [6.07, 6.45) is 4.80. The van der Waals surface area contributed by atoms with Crippen LogP contribution in [-0.4, -0.2) is 22.3 Å². The molecule has 1 aromatic carbocycles. The Hall–Kier alpha value is -2.34. The van der Waals surface area contributed by atoms with Crippen LogP contribution >= 0.6 is 11.8 Å². The van der Waals surface area contributed by atoms with E-state index < -0.39 is 0 Å². The second kappa shape index (κ2) is 8.13. The number of pyridine rings is 1. The van der Waals surface area contributed by atoms with Gasteiger partial charge in [0.2, 0.25) is 6.41 Å². The molecule has 0 spiro atoms. The number of nitrogens with zero attached hydrogens (tertiary/aromatic N) is 2. The average Bonchev–Trinajstić information content (AvgIpc) is 3.34. The number of anilines is 1. The Kier molecular flexibility index (Phi) is 5.85. The quantitative estimate of drug-likeness (QED) is 0.788. The summed E-state index contributed by atoms with van der Waals surface area (Å²) in [5.41, 5.74) is 11.4. The summed E-state index contributed by atoms with van der Waals surface area (Å²) in [6, 6.07) is 10.1. The Balaban J connectivity index is 0.000000221. The number of hydrogen-bond acceptors (Lipinski definition) is 5. The van der Waals surface area contributed by atoms with Gasteiger partial charge in [0.1, 0.15) is 0 Å². The highest BCUT2D eigenvalue weighted by molar-refractivity contribution is 8.13. The maximum Gasteiger partial charge on any atom is 0.211 e. The SMILES string of the molecule is Cc1ccc(C)nc1.Cc1ccc(NC=O)cc1C12CC1CCSC(N)=N2. The smallest absolute Gasteiger partial charge is 0.211 e. The number of hydrogen-bond donors (Lipinski definition) is 2. The minimum absolute atomic E-state index is 0.141. The van der Waals surface area contributed by atoms with Gasteiger partial charge < -0.3 is 11.1 Å². The van der Waals surface area contributed by atoms with Gasteiger partial charge in [0, 0.05) is 23.3 Å². The summed E-state index contributed by atoms with van der Waals surface area (Å²) in [7, 11) is 0. The first-order chi connectivity index (χ1) is 12.9.